The molecule has 0 bridgehead atoms. The molecule has 0 atom stereocenters. The number of rotatable bonds is 3. The molecule has 5 nitrogen and oxygen atoms in total. The summed E-state index contributed by atoms with van der Waals surface area (Å²) in [6.45, 7) is 0. The lowest BCUT2D eigenvalue weighted by Crippen LogP contribution is -2.28. The van der Waals surface area contributed by atoms with Gasteiger partial charge < -0.3 is 4.42 Å². The van der Waals surface area contributed by atoms with Crippen LogP contribution in [0.2, 0.25) is 0 Å². The van der Waals surface area contributed by atoms with Gasteiger partial charge in [0, 0.05) is 0 Å². The summed E-state index contributed by atoms with van der Waals surface area (Å²) in [6.07, 6.45) is 1.45. The van der Waals surface area contributed by atoms with Gasteiger partial charge in [-0.25, -0.2) is 4.98 Å². The van der Waals surface area contributed by atoms with Gasteiger partial charge in [0.05, 0.1) is 16.5 Å². The van der Waals surface area contributed by atoms with Crippen LogP contribution in [0.5, 0.6) is 0 Å². The van der Waals surface area contributed by atoms with Crippen LogP contribution in [0.15, 0.2) is 47.1 Å². The van der Waals surface area contributed by atoms with Gasteiger partial charge in [-0.05, 0) is 24.3 Å². The number of aromatic nitrogens is 1. The Kier molecular flexibility index (Phi) is 2.70. The van der Waals surface area contributed by atoms with Crippen LogP contribution in [0.3, 0.4) is 0 Å². The summed E-state index contributed by atoms with van der Waals surface area (Å²) in [4.78, 5) is 15.9. The van der Waals surface area contributed by atoms with Crippen molar-refractivity contribution in [2.45, 2.75) is 0 Å². The molecule has 0 spiro atoms. The summed E-state index contributed by atoms with van der Waals surface area (Å²) in [7, 11) is 0. The minimum Gasteiger partial charge on any atom is -0.459 e. The molecule has 3 rings (SSSR count). The van der Waals surface area contributed by atoms with Crippen molar-refractivity contribution in [3.63, 3.8) is 0 Å². The normalized spacial score (nSPS) is 10.4. The van der Waals surface area contributed by atoms with E-state index in [-0.39, 0.29) is 11.7 Å². The molecule has 6 heteroatoms. The fourth-order valence-corrected chi connectivity index (χ4v) is 2.32. The van der Waals surface area contributed by atoms with E-state index in [1.54, 1.807) is 12.1 Å². The Labute approximate surface area is 106 Å². The Morgan fingerprint density at radius 3 is 2.89 bits per heavy atom. The molecule has 18 heavy (non-hydrogen) atoms. The second-order valence-electron chi connectivity index (χ2n) is 3.54. The van der Waals surface area contributed by atoms with Crippen molar-refractivity contribution in [1.29, 1.82) is 0 Å². The molecular formula is C12H9N3O2S. The molecule has 2 heterocycles. The molecule has 2 N–H and O–H groups in total. The molecule has 0 radical (unpaired) electrons. The third kappa shape index (κ3) is 2.05. The Bertz CT molecular complexity index is 643. The summed E-state index contributed by atoms with van der Waals surface area (Å²) in [5.41, 5.74) is 6.20. The van der Waals surface area contributed by atoms with Crippen LogP contribution in [0.4, 0.5) is 5.13 Å². The van der Waals surface area contributed by atoms with E-state index < -0.39 is 0 Å². The maximum Gasteiger partial charge on any atom is 0.305 e. The molecule has 0 unspecified atom stereocenters. The number of fused-ring (bicyclic) bond motifs is 1. The van der Waals surface area contributed by atoms with Gasteiger partial charge in [-0.2, -0.15) is 0 Å². The Hall–Kier alpha value is -2.34. The maximum absolute atomic E-state index is 11.6. The van der Waals surface area contributed by atoms with Crippen LogP contribution >= 0.6 is 11.3 Å². The van der Waals surface area contributed by atoms with Crippen LogP contribution in [-0.2, 0) is 0 Å². The molecule has 90 valence electrons. The molecule has 1 aromatic carbocycles. The molecule has 0 saturated heterocycles. The van der Waals surface area contributed by atoms with Crippen molar-refractivity contribution in [1.82, 2.24) is 10.4 Å². The van der Waals surface area contributed by atoms with Gasteiger partial charge in [-0.1, -0.05) is 23.5 Å². The van der Waals surface area contributed by atoms with Crippen LogP contribution in [0, 0.1) is 0 Å². The molecule has 0 saturated carbocycles. The second-order valence-corrected chi connectivity index (χ2v) is 4.57. The minimum absolute atomic E-state index is 0.253. The number of thiazole rings is 1. The lowest BCUT2D eigenvalue weighted by atomic mass is 10.3. The number of hydrogen-bond acceptors (Lipinski definition) is 5. The number of nitrogens with one attached hydrogen (secondary N) is 2. The number of carbonyl (C=O) groups excluding carboxylic acids is 1. The third-order valence-corrected chi connectivity index (χ3v) is 3.27. The minimum atomic E-state index is -0.334. The first-order chi connectivity index (χ1) is 8.83. The number of benzene rings is 1. The van der Waals surface area contributed by atoms with E-state index in [9.17, 15) is 4.79 Å². The summed E-state index contributed by atoms with van der Waals surface area (Å²) >= 11 is 1.47. The first kappa shape index (κ1) is 10.8. The SMILES string of the molecule is O=C(NNc1nc2ccccc2s1)c1ccco1. The third-order valence-electron chi connectivity index (χ3n) is 2.32. The Balaban J connectivity index is 1.71. The summed E-state index contributed by atoms with van der Waals surface area (Å²) in [5, 5.41) is 0.635. The van der Waals surface area contributed by atoms with Gasteiger partial charge in [-0.3, -0.25) is 15.6 Å². The summed E-state index contributed by atoms with van der Waals surface area (Å²) < 4.78 is 6.04. The number of hydrogen-bond donors (Lipinski definition) is 2. The van der Waals surface area contributed by atoms with Crippen LogP contribution in [0.25, 0.3) is 10.2 Å². The van der Waals surface area contributed by atoms with Gasteiger partial charge in [0.25, 0.3) is 0 Å². The van der Waals surface area contributed by atoms with E-state index in [1.807, 2.05) is 24.3 Å². The van der Waals surface area contributed by atoms with Crippen molar-refractivity contribution in [2.24, 2.45) is 0 Å². The monoisotopic (exact) mass is 259 g/mol. The van der Waals surface area contributed by atoms with Crippen LogP contribution in [-0.4, -0.2) is 10.9 Å². The van der Waals surface area contributed by atoms with Crippen LogP contribution < -0.4 is 10.9 Å². The van der Waals surface area contributed by atoms with Crippen molar-refractivity contribution in [3.8, 4) is 0 Å². The van der Waals surface area contributed by atoms with Crippen molar-refractivity contribution < 1.29 is 9.21 Å². The van der Waals surface area contributed by atoms with E-state index in [2.05, 4.69) is 15.8 Å². The highest BCUT2D eigenvalue weighted by Gasteiger charge is 2.08. The zero-order valence-corrected chi connectivity index (χ0v) is 10.0. The summed E-state index contributed by atoms with van der Waals surface area (Å²) in [5.74, 6) is -0.0807. The van der Waals surface area contributed by atoms with Gasteiger partial charge in [-0.15, -0.1) is 0 Å². The standard InChI is InChI=1S/C12H9N3O2S/c16-11(9-5-3-7-17-9)14-15-12-13-8-4-1-2-6-10(8)18-12/h1-7H,(H,13,15)(H,14,16). The Morgan fingerprint density at radius 2 is 2.11 bits per heavy atom. The molecule has 0 aliphatic rings. The van der Waals surface area contributed by atoms with Gasteiger partial charge in [0.15, 0.2) is 5.76 Å². The van der Waals surface area contributed by atoms with E-state index in [1.165, 1.54) is 17.6 Å². The molecule has 2 aromatic heterocycles. The lowest BCUT2D eigenvalue weighted by molar-refractivity contribution is 0.0935. The predicted molar refractivity (Wildman–Crippen MR) is 69.4 cm³/mol. The fourth-order valence-electron chi connectivity index (χ4n) is 1.51. The smallest absolute Gasteiger partial charge is 0.305 e. The van der Waals surface area contributed by atoms with Crippen molar-refractivity contribution >= 4 is 32.6 Å². The quantitative estimate of drug-likeness (QED) is 0.709. The highest BCUT2D eigenvalue weighted by atomic mass is 32.1. The molecule has 0 aliphatic carbocycles. The zero-order chi connectivity index (χ0) is 12.4. The molecule has 0 aliphatic heterocycles. The molecule has 1 amide bonds. The van der Waals surface area contributed by atoms with Crippen molar-refractivity contribution in [2.75, 3.05) is 5.43 Å². The first-order valence-electron chi connectivity index (χ1n) is 5.28. The molecule has 0 fully saturated rings. The predicted octanol–water partition coefficient (Wildman–Crippen LogP) is 2.65. The van der Waals surface area contributed by atoms with E-state index in [4.69, 9.17) is 4.42 Å². The van der Waals surface area contributed by atoms with E-state index >= 15 is 0 Å². The highest BCUT2D eigenvalue weighted by molar-refractivity contribution is 7.22. The zero-order valence-electron chi connectivity index (χ0n) is 9.21. The molecular weight excluding hydrogens is 250 g/mol. The average Bonchev–Trinajstić information content (AvgIpc) is 3.04. The average molecular weight is 259 g/mol. The van der Waals surface area contributed by atoms with E-state index in [0.717, 1.165) is 10.2 Å². The number of furan rings is 1. The highest BCUT2D eigenvalue weighted by Crippen LogP contribution is 2.24. The number of carbonyl (C=O) groups is 1. The number of hydrazine groups is 1. The largest absolute Gasteiger partial charge is 0.459 e. The van der Waals surface area contributed by atoms with Crippen molar-refractivity contribution in [3.05, 3.63) is 48.4 Å². The van der Waals surface area contributed by atoms with E-state index in [0.29, 0.717) is 5.13 Å². The van der Waals surface area contributed by atoms with Gasteiger partial charge in [0.2, 0.25) is 5.13 Å². The first-order valence-corrected chi connectivity index (χ1v) is 6.10. The number of amides is 1. The molecule has 3 aromatic rings. The van der Waals surface area contributed by atoms with Gasteiger partial charge in [0.1, 0.15) is 0 Å². The van der Waals surface area contributed by atoms with Gasteiger partial charge >= 0.3 is 5.91 Å². The number of para-hydroxylation sites is 1. The summed E-state index contributed by atoms with van der Waals surface area (Å²) in [6, 6.07) is 11.0. The topological polar surface area (TPSA) is 67.2 Å². The van der Waals surface area contributed by atoms with Crippen LogP contribution in [0.1, 0.15) is 10.6 Å². The lowest BCUT2D eigenvalue weighted by Gasteiger charge is -2.02. The Morgan fingerprint density at radius 1 is 1.22 bits per heavy atom. The fraction of sp³-hybridized carbons (Fsp3) is 0. The number of nitrogens with zero attached hydrogens (tertiary/aromatic N) is 1. The second kappa shape index (κ2) is 4.50. The maximum atomic E-state index is 11.6. The number of anilines is 1.